The standard InChI is InChI=1S/C15H10ClNO3/c1-20-13-8-9(6-7-12(13)16)17-14(18)10-4-2-3-5-11(10)15(17)19/h2-8H,1H3. The molecule has 3 rings (SSSR count). The number of fused-ring (bicyclic) bond motifs is 1. The van der Waals surface area contributed by atoms with E-state index in [0.717, 1.165) is 4.90 Å². The quantitative estimate of drug-likeness (QED) is 0.797. The van der Waals surface area contributed by atoms with Gasteiger partial charge in [0, 0.05) is 6.07 Å². The largest absolute Gasteiger partial charge is 0.495 e. The van der Waals surface area contributed by atoms with Crippen molar-refractivity contribution in [2.75, 3.05) is 12.0 Å². The van der Waals surface area contributed by atoms with E-state index < -0.39 is 0 Å². The number of hydrogen-bond donors (Lipinski definition) is 0. The first kappa shape index (κ1) is 12.7. The maximum atomic E-state index is 12.3. The minimum absolute atomic E-state index is 0.338. The Bertz CT molecular complexity index is 692. The van der Waals surface area contributed by atoms with Crippen LogP contribution in [-0.2, 0) is 0 Å². The number of halogens is 1. The van der Waals surface area contributed by atoms with E-state index in [-0.39, 0.29) is 11.8 Å². The molecule has 0 bridgehead atoms. The molecule has 4 nitrogen and oxygen atoms in total. The number of anilines is 1. The lowest BCUT2D eigenvalue weighted by atomic mass is 10.1. The van der Waals surface area contributed by atoms with Gasteiger partial charge in [-0.2, -0.15) is 0 Å². The molecule has 0 aliphatic carbocycles. The summed E-state index contributed by atoms with van der Waals surface area (Å²) >= 11 is 5.95. The van der Waals surface area contributed by atoms with Crippen molar-refractivity contribution >= 4 is 29.1 Å². The molecule has 0 atom stereocenters. The number of imide groups is 1. The number of carbonyl (C=O) groups excluding carboxylic acids is 2. The molecular weight excluding hydrogens is 278 g/mol. The van der Waals surface area contributed by atoms with Gasteiger partial charge in [0.15, 0.2) is 0 Å². The molecule has 0 radical (unpaired) electrons. The Morgan fingerprint density at radius 2 is 1.60 bits per heavy atom. The van der Waals surface area contributed by atoms with Gasteiger partial charge in [-0.3, -0.25) is 9.59 Å². The maximum absolute atomic E-state index is 12.3. The first-order valence-electron chi connectivity index (χ1n) is 5.95. The number of methoxy groups -OCH3 is 1. The lowest BCUT2D eigenvalue weighted by Gasteiger charge is -2.15. The highest BCUT2D eigenvalue weighted by Gasteiger charge is 2.36. The number of amides is 2. The zero-order valence-corrected chi connectivity index (χ0v) is 11.3. The number of carbonyl (C=O) groups is 2. The Balaban J connectivity index is 2.09. The van der Waals surface area contributed by atoms with E-state index in [1.165, 1.54) is 7.11 Å². The van der Waals surface area contributed by atoms with Gasteiger partial charge in [-0.05, 0) is 24.3 Å². The summed E-state index contributed by atoms with van der Waals surface area (Å²) < 4.78 is 5.11. The number of hydrogen-bond acceptors (Lipinski definition) is 3. The van der Waals surface area contributed by atoms with E-state index >= 15 is 0 Å². The second kappa shape index (κ2) is 4.65. The summed E-state index contributed by atoms with van der Waals surface area (Å²) in [5.74, 6) is -0.259. The molecule has 1 aliphatic rings. The van der Waals surface area contributed by atoms with Crippen LogP contribution >= 0.6 is 11.6 Å². The van der Waals surface area contributed by atoms with Crippen LogP contribution in [0, 0.1) is 0 Å². The average molecular weight is 288 g/mol. The Morgan fingerprint density at radius 1 is 1.00 bits per heavy atom. The predicted octanol–water partition coefficient (Wildman–Crippen LogP) is 3.15. The summed E-state index contributed by atoms with van der Waals surface area (Å²) in [5.41, 5.74) is 1.26. The van der Waals surface area contributed by atoms with Crippen LogP contribution in [0.4, 0.5) is 5.69 Å². The fourth-order valence-corrected chi connectivity index (χ4v) is 2.41. The summed E-state index contributed by atoms with van der Waals surface area (Å²) in [6.45, 7) is 0. The van der Waals surface area contributed by atoms with Gasteiger partial charge in [0.1, 0.15) is 5.75 Å². The number of ether oxygens (including phenoxy) is 1. The lowest BCUT2D eigenvalue weighted by molar-refractivity contribution is 0.0926. The number of rotatable bonds is 2. The van der Waals surface area contributed by atoms with E-state index in [4.69, 9.17) is 16.3 Å². The molecule has 5 heteroatoms. The van der Waals surface area contributed by atoms with Crippen molar-refractivity contribution in [3.8, 4) is 5.75 Å². The summed E-state index contributed by atoms with van der Waals surface area (Å²) in [4.78, 5) is 25.8. The van der Waals surface area contributed by atoms with Gasteiger partial charge in [0.2, 0.25) is 0 Å². The summed E-state index contributed by atoms with van der Waals surface area (Å²) in [6.07, 6.45) is 0. The van der Waals surface area contributed by atoms with Gasteiger partial charge in [-0.1, -0.05) is 23.7 Å². The molecule has 0 unspecified atom stereocenters. The highest BCUT2D eigenvalue weighted by Crippen LogP contribution is 2.33. The van der Waals surface area contributed by atoms with Crippen molar-refractivity contribution in [3.63, 3.8) is 0 Å². The Morgan fingerprint density at radius 3 is 2.15 bits per heavy atom. The second-order valence-corrected chi connectivity index (χ2v) is 4.72. The molecule has 0 spiro atoms. The third kappa shape index (κ3) is 1.77. The lowest BCUT2D eigenvalue weighted by Crippen LogP contribution is -2.29. The number of nitrogens with zero attached hydrogens (tertiary/aromatic N) is 1. The SMILES string of the molecule is COc1cc(N2C(=O)c3ccccc3C2=O)ccc1Cl. The van der Waals surface area contributed by atoms with Crippen LogP contribution in [0.5, 0.6) is 5.75 Å². The van der Waals surface area contributed by atoms with Crippen LogP contribution < -0.4 is 9.64 Å². The summed E-state index contributed by atoms with van der Waals surface area (Å²) in [6, 6.07) is 11.5. The molecule has 0 saturated heterocycles. The molecule has 0 aromatic heterocycles. The Labute approximate surface area is 120 Å². The van der Waals surface area contributed by atoms with Crippen molar-refractivity contribution < 1.29 is 14.3 Å². The highest BCUT2D eigenvalue weighted by molar-refractivity contribution is 6.35. The monoisotopic (exact) mass is 287 g/mol. The van der Waals surface area contributed by atoms with Crippen molar-refractivity contribution in [1.29, 1.82) is 0 Å². The van der Waals surface area contributed by atoms with E-state index in [0.29, 0.717) is 27.6 Å². The minimum atomic E-state index is -0.338. The van der Waals surface area contributed by atoms with Crippen LogP contribution in [-0.4, -0.2) is 18.9 Å². The molecule has 1 aliphatic heterocycles. The topological polar surface area (TPSA) is 46.6 Å². The smallest absolute Gasteiger partial charge is 0.266 e. The molecule has 20 heavy (non-hydrogen) atoms. The van der Waals surface area contributed by atoms with Crippen LogP contribution in [0.25, 0.3) is 0 Å². The van der Waals surface area contributed by atoms with Crippen LogP contribution in [0.3, 0.4) is 0 Å². The highest BCUT2D eigenvalue weighted by atomic mass is 35.5. The molecule has 2 aromatic carbocycles. The molecular formula is C15H10ClNO3. The average Bonchev–Trinajstić information content (AvgIpc) is 2.72. The van der Waals surface area contributed by atoms with Gasteiger partial charge < -0.3 is 4.74 Å². The molecule has 1 heterocycles. The zero-order valence-electron chi connectivity index (χ0n) is 10.6. The summed E-state index contributed by atoms with van der Waals surface area (Å²) in [7, 11) is 1.48. The molecule has 2 aromatic rings. The fourth-order valence-electron chi connectivity index (χ4n) is 2.21. The Hall–Kier alpha value is -2.33. The van der Waals surface area contributed by atoms with E-state index in [9.17, 15) is 9.59 Å². The molecule has 100 valence electrons. The first-order valence-corrected chi connectivity index (χ1v) is 6.32. The molecule has 0 N–H and O–H groups in total. The Kier molecular flexibility index (Phi) is 2.95. The van der Waals surface area contributed by atoms with Crippen molar-refractivity contribution in [3.05, 3.63) is 58.6 Å². The second-order valence-electron chi connectivity index (χ2n) is 4.31. The van der Waals surface area contributed by atoms with Gasteiger partial charge in [0.05, 0.1) is 28.9 Å². The van der Waals surface area contributed by atoms with Gasteiger partial charge in [-0.15, -0.1) is 0 Å². The van der Waals surface area contributed by atoms with E-state index in [2.05, 4.69) is 0 Å². The minimum Gasteiger partial charge on any atom is -0.495 e. The van der Waals surface area contributed by atoms with E-state index in [1.807, 2.05) is 0 Å². The molecule has 0 fully saturated rings. The van der Waals surface area contributed by atoms with Gasteiger partial charge in [-0.25, -0.2) is 4.90 Å². The fraction of sp³-hybridized carbons (Fsp3) is 0.0667. The van der Waals surface area contributed by atoms with Gasteiger partial charge >= 0.3 is 0 Å². The van der Waals surface area contributed by atoms with E-state index in [1.54, 1.807) is 42.5 Å². The maximum Gasteiger partial charge on any atom is 0.266 e. The zero-order chi connectivity index (χ0) is 14.3. The van der Waals surface area contributed by atoms with Crippen molar-refractivity contribution in [2.45, 2.75) is 0 Å². The third-order valence-corrected chi connectivity index (χ3v) is 3.50. The number of benzene rings is 2. The van der Waals surface area contributed by atoms with Crippen LogP contribution in [0.1, 0.15) is 20.7 Å². The molecule has 0 saturated carbocycles. The summed E-state index contributed by atoms with van der Waals surface area (Å²) in [5, 5.41) is 0.424. The predicted molar refractivity (Wildman–Crippen MR) is 75.6 cm³/mol. The normalized spacial score (nSPS) is 13.6. The van der Waals surface area contributed by atoms with Crippen molar-refractivity contribution in [2.24, 2.45) is 0 Å². The van der Waals surface area contributed by atoms with Crippen LogP contribution in [0.2, 0.25) is 5.02 Å². The first-order chi connectivity index (χ1) is 9.63. The molecule has 2 amide bonds. The van der Waals surface area contributed by atoms with Crippen LogP contribution in [0.15, 0.2) is 42.5 Å². The third-order valence-electron chi connectivity index (χ3n) is 3.19. The van der Waals surface area contributed by atoms with Gasteiger partial charge in [0.25, 0.3) is 11.8 Å². The van der Waals surface area contributed by atoms with Crippen molar-refractivity contribution in [1.82, 2.24) is 0 Å².